The number of nitrogens with zero attached hydrogens (tertiary/aromatic N) is 2. The van der Waals surface area contributed by atoms with E-state index in [1.807, 2.05) is 6.07 Å². The summed E-state index contributed by atoms with van der Waals surface area (Å²) < 4.78 is 38.9. The predicted octanol–water partition coefficient (Wildman–Crippen LogP) is 3.03. The summed E-state index contributed by atoms with van der Waals surface area (Å²) in [7, 11) is -2.26. The van der Waals surface area contributed by atoms with Gasteiger partial charge in [0.05, 0.1) is 17.4 Å². The van der Waals surface area contributed by atoms with Gasteiger partial charge in [-0.3, -0.25) is 4.79 Å². The molecule has 0 heterocycles. The quantitative estimate of drug-likeness (QED) is 0.694. The third-order valence-corrected chi connectivity index (χ3v) is 5.61. The first-order chi connectivity index (χ1) is 12.2. The lowest BCUT2D eigenvalue weighted by Crippen LogP contribution is -2.32. The fraction of sp³-hybridized carbons (Fsp3) is 0.222. The van der Waals surface area contributed by atoms with Gasteiger partial charge in [0.25, 0.3) is 0 Å². The second-order valence-electron chi connectivity index (χ2n) is 5.83. The Balaban J connectivity index is 2.02. The van der Waals surface area contributed by atoms with Gasteiger partial charge in [-0.1, -0.05) is 28.1 Å². The molecule has 2 aromatic carbocycles. The van der Waals surface area contributed by atoms with Gasteiger partial charge in [-0.15, -0.1) is 0 Å². The van der Waals surface area contributed by atoms with E-state index in [2.05, 4.69) is 15.9 Å². The number of carbonyl (C=O) groups is 1. The lowest BCUT2D eigenvalue weighted by Gasteiger charge is -2.18. The van der Waals surface area contributed by atoms with E-state index < -0.39 is 27.3 Å². The Morgan fingerprint density at radius 2 is 1.88 bits per heavy atom. The molecule has 2 aromatic rings. The Hall–Kier alpha value is -2.24. The van der Waals surface area contributed by atoms with Gasteiger partial charge in [-0.2, -0.15) is 5.26 Å². The molecule has 5 nitrogen and oxygen atoms in total. The molecule has 0 saturated carbocycles. The van der Waals surface area contributed by atoms with E-state index in [9.17, 15) is 17.6 Å². The van der Waals surface area contributed by atoms with Gasteiger partial charge in [0.2, 0.25) is 5.91 Å². The largest absolute Gasteiger partial charge is 0.340 e. The van der Waals surface area contributed by atoms with Gasteiger partial charge in [-0.05, 0) is 35.9 Å². The standard InChI is InChI=1S/C18H16BrFN2O3S/c1-22(10-15-8-16(19)6-7-17(15)20)18(23)12-26(24,25)11-14-4-2-13(9-21)3-5-14/h2-8H,10-12H2,1H3. The average Bonchev–Trinajstić information content (AvgIpc) is 2.58. The van der Waals surface area contributed by atoms with Crippen molar-refractivity contribution in [3.8, 4) is 6.07 Å². The summed E-state index contributed by atoms with van der Waals surface area (Å²) in [5, 5.41) is 8.75. The fourth-order valence-corrected chi connectivity index (χ4v) is 4.09. The number of halogens is 2. The highest BCUT2D eigenvalue weighted by Gasteiger charge is 2.21. The molecule has 0 aliphatic heterocycles. The highest BCUT2D eigenvalue weighted by Crippen LogP contribution is 2.17. The van der Waals surface area contributed by atoms with Crippen LogP contribution < -0.4 is 0 Å². The van der Waals surface area contributed by atoms with Crippen LogP contribution in [0.4, 0.5) is 4.39 Å². The Morgan fingerprint density at radius 1 is 1.23 bits per heavy atom. The third-order valence-electron chi connectivity index (χ3n) is 3.65. The van der Waals surface area contributed by atoms with E-state index in [0.29, 0.717) is 21.2 Å². The Bertz CT molecular complexity index is 953. The van der Waals surface area contributed by atoms with Crippen molar-refractivity contribution in [1.29, 1.82) is 5.26 Å². The maximum absolute atomic E-state index is 13.8. The van der Waals surface area contributed by atoms with Crippen LogP contribution in [-0.2, 0) is 26.9 Å². The fourth-order valence-electron chi connectivity index (χ4n) is 2.29. The minimum Gasteiger partial charge on any atom is -0.340 e. The van der Waals surface area contributed by atoms with Crippen LogP contribution >= 0.6 is 15.9 Å². The van der Waals surface area contributed by atoms with Crippen molar-refractivity contribution < 1.29 is 17.6 Å². The zero-order chi connectivity index (χ0) is 19.3. The van der Waals surface area contributed by atoms with E-state index in [1.54, 1.807) is 24.3 Å². The average molecular weight is 439 g/mol. The summed E-state index contributed by atoms with van der Waals surface area (Å²) in [6, 6.07) is 12.5. The molecule has 26 heavy (non-hydrogen) atoms. The minimum atomic E-state index is -3.69. The highest BCUT2D eigenvalue weighted by atomic mass is 79.9. The van der Waals surface area contributed by atoms with Crippen LogP contribution in [0.5, 0.6) is 0 Å². The first kappa shape index (κ1) is 20.1. The maximum atomic E-state index is 13.8. The molecule has 0 fully saturated rings. The van der Waals surface area contributed by atoms with Gasteiger partial charge in [0.1, 0.15) is 11.6 Å². The molecule has 0 atom stereocenters. The van der Waals surface area contributed by atoms with Gasteiger partial charge in [0.15, 0.2) is 9.84 Å². The van der Waals surface area contributed by atoms with Crippen LogP contribution in [0.2, 0.25) is 0 Å². The van der Waals surface area contributed by atoms with E-state index >= 15 is 0 Å². The molecule has 2 rings (SSSR count). The summed E-state index contributed by atoms with van der Waals surface area (Å²) in [5.41, 5.74) is 1.22. The molecular weight excluding hydrogens is 423 g/mol. The lowest BCUT2D eigenvalue weighted by molar-refractivity contribution is -0.127. The first-order valence-corrected chi connectivity index (χ1v) is 10.2. The van der Waals surface area contributed by atoms with Crippen molar-refractivity contribution in [2.75, 3.05) is 12.8 Å². The first-order valence-electron chi connectivity index (χ1n) is 7.57. The van der Waals surface area contributed by atoms with Crippen LogP contribution in [-0.4, -0.2) is 32.0 Å². The summed E-state index contributed by atoms with van der Waals surface area (Å²) in [5.74, 6) is -2.05. The molecule has 1 amide bonds. The molecule has 0 aromatic heterocycles. The highest BCUT2D eigenvalue weighted by molar-refractivity contribution is 9.10. The smallest absolute Gasteiger partial charge is 0.237 e. The monoisotopic (exact) mass is 438 g/mol. The number of nitriles is 1. The summed E-state index contributed by atoms with van der Waals surface area (Å²) in [6.45, 7) is -0.0313. The molecule has 0 N–H and O–H groups in total. The summed E-state index contributed by atoms with van der Waals surface area (Å²) >= 11 is 3.23. The van der Waals surface area contributed by atoms with E-state index in [0.717, 1.165) is 0 Å². The molecule has 0 unspecified atom stereocenters. The van der Waals surface area contributed by atoms with Crippen molar-refractivity contribution in [3.63, 3.8) is 0 Å². The maximum Gasteiger partial charge on any atom is 0.237 e. The van der Waals surface area contributed by atoms with E-state index in [-0.39, 0.29) is 12.3 Å². The van der Waals surface area contributed by atoms with E-state index in [4.69, 9.17) is 5.26 Å². The predicted molar refractivity (Wildman–Crippen MR) is 99.2 cm³/mol. The van der Waals surface area contributed by atoms with Crippen LogP contribution in [0.1, 0.15) is 16.7 Å². The molecule has 0 saturated heterocycles. The van der Waals surface area contributed by atoms with Crippen molar-refractivity contribution in [1.82, 2.24) is 4.90 Å². The van der Waals surface area contributed by atoms with Gasteiger partial charge >= 0.3 is 0 Å². The molecule has 0 radical (unpaired) electrons. The molecule has 8 heteroatoms. The van der Waals surface area contributed by atoms with E-state index in [1.165, 1.54) is 30.1 Å². The van der Waals surface area contributed by atoms with Crippen molar-refractivity contribution in [2.45, 2.75) is 12.3 Å². The van der Waals surface area contributed by atoms with Gasteiger partial charge in [0, 0.05) is 23.6 Å². The number of hydrogen-bond donors (Lipinski definition) is 0. The number of carbonyl (C=O) groups excluding carboxylic acids is 1. The minimum absolute atomic E-state index is 0.0313. The Labute approximate surface area is 160 Å². The lowest BCUT2D eigenvalue weighted by atomic mass is 10.2. The van der Waals surface area contributed by atoms with Crippen LogP contribution in [0.3, 0.4) is 0 Å². The van der Waals surface area contributed by atoms with Gasteiger partial charge < -0.3 is 4.90 Å². The normalized spacial score (nSPS) is 11.0. The van der Waals surface area contributed by atoms with Crippen LogP contribution in [0, 0.1) is 17.1 Å². The van der Waals surface area contributed by atoms with Crippen molar-refractivity contribution >= 4 is 31.7 Å². The van der Waals surface area contributed by atoms with Gasteiger partial charge in [-0.25, -0.2) is 12.8 Å². The van der Waals surface area contributed by atoms with Crippen LogP contribution in [0.15, 0.2) is 46.9 Å². The zero-order valence-corrected chi connectivity index (χ0v) is 16.3. The second-order valence-corrected chi connectivity index (χ2v) is 8.81. The molecule has 0 aliphatic carbocycles. The summed E-state index contributed by atoms with van der Waals surface area (Å²) in [6.07, 6.45) is 0. The molecule has 0 spiro atoms. The Kier molecular flexibility index (Phi) is 6.51. The summed E-state index contributed by atoms with van der Waals surface area (Å²) in [4.78, 5) is 13.4. The third kappa shape index (κ3) is 5.64. The van der Waals surface area contributed by atoms with Crippen molar-refractivity contribution in [2.24, 2.45) is 0 Å². The zero-order valence-electron chi connectivity index (χ0n) is 13.9. The number of sulfone groups is 1. The SMILES string of the molecule is CN(Cc1cc(Br)ccc1F)C(=O)CS(=O)(=O)Cc1ccc(C#N)cc1. The number of hydrogen-bond acceptors (Lipinski definition) is 4. The number of rotatable bonds is 6. The number of amides is 1. The second kappa shape index (κ2) is 8.43. The molecule has 0 aliphatic rings. The molecule has 0 bridgehead atoms. The molecule has 136 valence electrons. The van der Waals surface area contributed by atoms with Crippen LogP contribution in [0.25, 0.3) is 0 Å². The Morgan fingerprint density at radius 3 is 2.50 bits per heavy atom. The topological polar surface area (TPSA) is 78.2 Å². The van der Waals surface area contributed by atoms with Crippen molar-refractivity contribution in [3.05, 3.63) is 69.4 Å². The number of benzene rings is 2. The molecular formula is C18H16BrFN2O3S.